The Kier molecular flexibility index (Phi) is 8.77. The van der Waals surface area contributed by atoms with Crippen molar-refractivity contribution >= 4 is 29.7 Å². The fourth-order valence-corrected chi connectivity index (χ4v) is 3.94. The molecule has 8 N–H and O–H groups in total. The molecule has 1 aromatic heterocycles. The number of anilines is 2. The zero-order chi connectivity index (χ0) is 26.6. The largest absolute Gasteiger partial charge is 0.449 e. The number of rotatable bonds is 10. The van der Waals surface area contributed by atoms with Crippen LogP contribution in [0.25, 0.3) is 0 Å². The van der Waals surface area contributed by atoms with Crippen LogP contribution in [0.4, 0.5) is 16.4 Å². The lowest BCUT2D eigenvalue weighted by molar-refractivity contribution is -0.449. The number of ether oxygens (including phenoxy) is 1. The quantitative estimate of drug-likeness (QED) is 0.165. The summed E-state index contributed by atoms with van der Waals surface area (Å²) < 4.78 is 7.26. The number of hydrogen-bond acceptors (Lipinski definition) is 12. The van der Waals surface area contributed by atoms with Crippen molar-refractivity contribution in [3.63, 3.8) is 0 Å². The Balaban J connectivity index is 1.40. The maximum atomic E-state index is 11.8. The van der Waals surface area contributed by atoms with Gasteiger partial charge in [-0.2, -0.15) is 4.72 Å². The number of alkyl carbamates (subject to hydrolysis) is 1. The summed E-state index contributed by atoms with van der Waals surface area (Å²) in [5, 5.41) is 51.3. The molecule has 1 aliphatic rings. The SMILES string of the molecule is CC(C)(C)CNC(=O)OCC1CC(c2cnc(Nc3ccc(SNC(O)(O)C(O)(O)O)cc3)nc2)C1. The van der Waals surface area contributed by atoms with Crippen LogP contribution in [0.5, 0.6) is 0 Å². The summed E-state index contributed by atoms with van der Waals surface area (Å²) in [6.45, 7) is 7.09. The zero-order valence-corrected chi connectivity index (χ0v) is 21.1. The van der Waals surface area contributed by atoms with Gasteiger partial charge in [0.2, 0.25) is 5.95 Å². The number of aromatic nitrogens is 2. The van der Waals surface area contributed by atoms with Gasteiger partial charge in [0.15, 0.2) is 0 Å². The van der Waals surface area contributed by atoms with Gasteiger partial charge < -0.3 is 40.9 Å². The molecule has 198 valence electrons. The van der Waals surface area contributed by atoms with E-state index < -0.39 is 11.9 Å². The lowest BCUT2D eigenvalue weighted by atomic mass is 9.72. The average Bonchev–Trinajstić information content (AvgIpc) is 2.76. The maximum absolute atomic E-state index is 11.8. The number of nitrogens with one attached hydrogen (secondary N) is 3. The first-order valence-electron chi connectivity index (χ1n) is 11.4. The Hall–Kier alpha value is -2.52. The molecule has 0 saturated heterocycles. The fraction of sp³-hybridized carbons (Fsp3) is 0.522. The minimum Gasteiger partial charge on any atom is -0.449 e. The van der Waals surface area contributed by atoms with Crippen molar-refractivity contribution in [2.75, 3.05) is 18.5 Å². The zero-order valence-electron chi connectivity index (χ0n) is 20.3. The predicted octanol–water partition coefficient (Wildman–Crippen LogP) is 1.35. The summed E-state index contributed by atoms with van der Waals surface area (Å²) in [7, 11) is 0. The van der Waals surface area contributed by atoms with Crippen molar-refractivity contribution in [1.82, 2.24) is 20.0 Å². The molecule has 12 nitrogen and oxygen atoms in total. The van der Waals surface area contributed by atoms with Crippen molar-refractivity contribution in [1.29, 1.82) is 0 Å². The Morgan fingerprint density at radius 2 is 1.67 bits per heavy atom. The highest BCUT2D eigenvalue weighted by Crippen LogP contribution is 2.41. The normalized spacial score (nSPS) is 18.3. The molecule has 0 unspecified atom stereocenters. The predicted molar refractivity (Wildman–Crippen MR) is 132 cm³/mol. The molecule has 13 heteroatoms. The van der Waals surface area contributed by atoms with E-state index in [1.807, 2.05) is 25.5 Å². The number of aliphatic hydroxyl groups is 5. The van der Waals surface area contributed by atoms with Gasteiger partial charge in [0, 0.05) is 29.5 Å². The first kappa shape index (κ1) is 28.1. The van der Waals surface area contributed by atoms with E-state index in [2.05, 4.69) is 20.6 Å². The van der Waals surface area contributed by atoms with Gasteiger partial charge in [-0.05, 0) is 71.9 Å². The summed E-state index contributed by atoms with van der Waals surface area (Å²) in [6.07, 6.45) is 4.97. The van der Waals surface area contributed by atoms with Crippen LogP contribution >= 0.6 is 11.9 Å². The third-order valence-electron chi connectivity index (χ3n) is 5.48. The van der Waals surface area contributed by atoms with Crippen LogP contribution in [0, 0.1) is 11.3 Å². The monoisotopic (exact) mass is 523 g/mol. The molecule has 0 aliphatic heterocycles. The molecule has 1 aromatic carbocycles. The molecule has 1 fully saturated rings. The fourth-order valence-electron chi connectivity index (χ4n) is 3.27. The average molecular weight is 524 g/mol. The van der Waals surface area contributed by atoms with Crippen LogP contribution in [-0.2, 0) is 4.74 Å². The lowest BCUT2D eigenvalue weighted by Crippen LogP contribution is -2.61. The highest BCUT2D eigenvalue weighted by atomic mass is 32.2. The molecule has 1 aliphatic carbocycles. The van der Waals surface area contributed by atoms with Gasteiger partial charge in [-0.1, -0.05) is 20.8 Å². The highest BCUT2D eigenvalue weighted by Gasteiger charge is 2.47. The second kappa shape index (κ2) is 11.3. The van der Waals surface area contributed by atoms with Crippen LogP contribution in [-0.4, -0.2) is 66.6 Å². The topological polar surface area (TPSA) is 189 Å². The van der Waals surface area contributed by atoms with Crippen molar-refractivity contribution in [2.24, 2.45) is 11.3 Å². The van der Waals surface area contributed by atoms with E-state index >= 15 is 0 Å². The minimum atomic E-state index is -3.73. The molecule has 0 spiro atoms. The van der Waals surface area contributed by atoms with Crippen LogP contribution in [0.2, 0.25) is 0 Å². The van der Waals surface area contributed by atoms with Crippen LogP contribution < -0.4 is 15.4 Å². The first-order valence-corrected chi connectivity index (χ1v) is 12.2. The number of amides is 1. The number of carbonyl (C=O) groups is 1. The van der Waals surface area contributed by atoms with E-state index in [0.717, 1.165) is 18.4 Å². The van der Waals surface area contributed by atoms with Gasteiger partial charge in [-0.15, -0.1) is 0 Å². The second-order valence-corrected chi connectivity index (χ2v) is 10.9. The van der Waals surface area contributed by atoms with E-state index in [1.165, 1.54) is 0 Å². The minimum absolute atomic E-state index is 0.00738. The third-order valence-corrected chi connectivity index (χ3v) is 6.38. The van der Waals surface area contributed by atoms with Gasteiger partial charge >= 0.3 is 18.0 Å². The molecule has 36 heavy (non-hydrogen) atoms. The summed E-state index contributed by atoms with van der Waals surface area (Å²) in [5.41, 5.74) is 1.71. The standard InChI is InChI=1S/C23H33N5O7S/c1-21(2,3)13-26-20(29)35-12-14-8-15(9-14)16-10-24-19(25-11-16)27-17-4-6-18(7-5-17)36-28-22(30,31)23(32,33)34/h4-7,10-11,14-15,28,30-34H,8-9,12-13H2,1-3H3,(H,26,29)(H,24,25,27). The number of carbonyl (C=O) groups excluding carboxylic acids is 1. The Labute approximate surface area is 213 Å². The molecule has 3 rings (SSSR count). The molecule has 1 amide bonds. The summed E-state index contributed by atoms with van der Waals surface area (Å²) >= 11 is 0.671. The van der Waals surface area contributed by atoms with E-state index in [4.69, 9.17) is 20.1 Å². The Morgan fingerprint density at radius 1 is 1.06 bits per heavy atom. The van der Waals surface area contributed by atoms with Gasteiger partial charge in [-0.3, -0.25) is 0 Å². The van der Waals surface area contributed by atoms with E-state index in [0.29, 0.717) is 53.5 Å². The maximum Gasteiger partial charge on any atom is 0.407 e. The van der Waals surface area contributed by atoms with Crippen LogP contribution in [0.1, 0.15) is 45.1 Å². The van der Waals surface area contributed by atoms with Crippen LogP contribution in [0.3, 0.4) is 0 Å². The number of nitrogens with zero attached hydrogens (tertiary/aromatic N) is 2. The smallest absolute Gasteiger partial charge is 0.407 e. The molecular weight excluding hydrogens is 490 g/mol. The molecule has 0 radical (unpaired) electrons. The summed E-state index contributed by atoms with van der Waals surface area (Å²) in [5.74, 6) is -6.01. The number of hydrogen-bond donors (Lipinski definition) is 8. The lowest BCUT2D eigenvalue weighted by Gasteiger charge is -2.34. The van der Waals surface area contributed by atoms with Crippen molar-refractivity contribution in [2.45, 2.75) is 56.3 Å². The Bertz CT molecular complexity index is 1000. The van der Waals surface area contributed by atoms with E-state index in [9.17, 15) is 15.0 Å². The third kappa shape index (κ3) is 8.27. The van der Waals surface area contributed by atoms with Gasteiger partial charge in [-0.25, -0.2) is 14.8 Å². The van der Waals surface area contributed by atoms with Gasteiger partial charge in [0.25, 0.3) is 0 Å². The summed E-state index contributed by atoms with van der Waals surface area (Å²) in [4.78, 5) is 21.0. The molecular formula is C23H33N5O7S. The van der Waals surface area contributed by atoms with E-state index in [-0.39, 0.29) is 11.5 Å². The van der Waals surface area contributed by atoms with Crippen LogP contribution in [0.15, 0.2) is 41.6 Å². The molecule has 1 saturated carbocycles. The summed E-state index contributed by atoms with van der Waals surface area (Å²) in [6, 6.07) is 6.63. The van der Waals surface area contributed by atoms with E-state index in [1.54, 1.807) is 36.7 Å². The van der Waals surface area contributed by atoms with Gasteiger partial charge in [0.1, 0.15) is 0 Å². The van der Waals surface area contributed by atoms with Gasteiger partial charge in [0.05, 0.1) is 6.61 Å². The highest BCUT2D eigenvalue weighted by molar-refractivity contribution is 7.97. The molecule has 0 bridgehead atoms. The number of benzene rings is 1. The Morgan fingerprint density at radius 3 is 2.22 bits per heavy atom. The van der Waals surface area contributed by atoms with Crippen molar-refractivity contribution in [3.05, 3.63) is 42.2 Å². The first-order chi connectivity index (χ1) is 16.7. The molecule has 0 atom stereocenters. The van der Waals surface area contributed by atoms with Crippen molar-refractivity contribution < 1.29 is 35.1 Å². The molecule has 1 heterocycles. The van der Waals surface area contributed by atoms with Crippen molar-refractivity contribution in [3.8, 4) is 0 Å². The second-order valence-electron chi connectivity index (χ2n) is 10.0. The molecule has 2 aromatic rings.